The summed E-state index contributed by atoms with van der Waals surface area (Å²) in [5.41, 5.74) is 0. The Bertz CT molecular complexity index is 263. The molecule has 4 nitrogen and oxygen atoms in total. The van der Waals surface area contributed by atoms with E-state index in [2.05, 4.69) is 29.1 Å². The topological polar surface area (TPSA) is 47.0 Å². The summed E-state index contributed by atoms with van der Waals surface area (Å²) >= 11 is 0. The van der Waals surface area contributed by atoms with Crippen LogP contribution >= 0.6 is 0 Å². The molecule has 0 fully saturated rings. The van der Waals surface area contributed by atoms with E-state index in [1.54, 1.807) is 19.5 Å². The van der Waals surface area contributed by atoms with Crippen LogP contribution in [0.2, 0.25) is 0 Å². The number of nitrogens with one attached hydrogen (secondary N) is 1. The third-order valence-electron chi connectivity index (χ3n) is 1.51. The van der Waals surface area contributed by atoms with Crippen LogP contribution in [0.5, 0.6) is 5.88 Å². The summed E-state index contributed by atoms with van der Waals surface area (Å²) in [6.45, 7) is 5.17. The van der Waals surface area contributed by atoms with E-state index in [4.69, 9.17) is 4.74 Å². The van der Waals surface area contributed by atoms with E-state index >= 15 is 0 Å². The SMILES string of the molecule is COc1cncc(NCC(C)C)n1. The van der Waals surface area contributed by atoms with Gasteiger partial charge < -0.3 is 10.1 Å². The summed E-state index contributed by atoms with van der Waals surface area (Å²) in [7, 11) is 1.58. The van der Waals surface area contributed by atoms with Gasteiger partial charge in [0.1, 0.15) is 5.82 Å². The van der Waals surface area contributed by atoms with Crippen LogP contribution in [0.25, 0.3) is 0 Å². The van der Waals surface area contributed by atoms with Gasteiger partial charge in [0.05, 0.1) is 19.5 Å². The van der Waals surface area contributed by atoms with Gasteiger partial charge in [0.2, 0.25) is 5.88 Å². The smallest absolute Gasteiger partial charge is 0.233 e. The summed E-state index contributed by atoms with van der Waals surface area (Å²) in [5, 5.41) is 3.17. The minimum absolute atomic E-state index is 0.536. The van der Waals surface area contributed by atoms with Gasteiger partial charge in [0, 0.05) is 6.54 Å². The lowest BCUT2D eigenvalue weighted by atomic mass is 10.2. The van der Waals surface area contributed by atoms with Crippen LogP contribution in [0.3, 0.4) is 0 Å². The van der Waals surface area contributed by atoms with Crippen LogP contribution in [0.1, 0.15) is 13.8 Å². The van der Waals surface area contributed by atoms with Crippen LogP contribution in [0.4, 0.5) is 5.82 Å². The Balaban J connectivity index is 2.56. The van der Waals surface area contributed by atoms with Crippen molar-refractivity contribution in [3.05, 3.63) is 12.4 Å². The van der Waals surface area contributed by atoms with E-state index in [-0.39, 0.29) is 0 Å². The highest BCUT2D eigenvalue weighted by molar-refractivity contribution is 5.32. The molecule has 4 heteroatoms. The number of hydrogen-bond acceptors (Lipinski definition) is 4. The molecule has 0 saturated heterocycles. The molecule has 0 bridgehead atoms. The van der Waals surface area contributed by atoms with Crippen molar-refractivity contribution in [1.29, 1.82) is 0 Å². The van der Waals surface area contributed by atoms with Crippen LogP contribution in [-0.2, 0) is 0 Å². The average Bonchev–Trinajstić information content (AvgIpc) is 2.15. The molecule has 1 rings (SSSR count). The molecule has 0 radical (unpaired) electrons. The Morgan fingerprint density at radius 1 is 1.46 bits per heavy atom. The highest BCUT2D eigenvalue weighted by Gasteiger charge is 1.98. The number of rotatable bonds is 4. The Kier molecular flexibility index (Phi) is 3.49. The molecule has 0 aliphatic rings. The zero-order chi connectivity index (χ0) is 9.68. The second-order valence-corrected chi connectivity index (χ2v) is 3.22. The molecule has 0 atom stereocenters. The van der Waals surface area contributed by atoms with E-state index in [0.29, 0.717) is 11.8 Å². The summed E-state index contributed by atoms with van der Waals surface area (Å²) < 4.78 is 4.95. The van der Waals surface area contributed by atoms with Gasteiger partial charge in [0.25, 0.3) is 0 Å². The molecule has 1 aromatic heterocycles. The van der Waals surface area contributed by atoms with Gasteiger partial charge in [-0.1, -0.05) is 13.8 Å². The second kappa shape index (κ2) is 4.64. The fourth-order valence-electron chi connectivity index (χ4n) is 0.840. The largest absolute Gasteiger partial charge is 0.480 e. The average molecular weight is 181 g/mol. The van der Waals surface area contributed by atoms with Gasteiger partial charge in [-0.05, 0) is 5.92 Å². The Hall–Kier alpha value is -1.32. The molecular weight excluding hydrogens is 166 g/mol. The molecule has 1 aromatic rings. The van der Waals surface area contributed by atoms with Crippen molar-refractivity contribution < 1.29 is 4.74 Å². The lowest BCUT2D eigenvalue weighted by molar-refractivity contribution is 0.396. The zero-order valence-electron chi connectivity index (χ0n) is 8.24. The quantitative estimate of drug-likeness (QED) is 0.765. The van der Waals surface area contributed by atoms with Crippen LogP contribution in [0, 0.1) is 5.92 Å². The van der Waals surface area contributed by atoms with E-state index in [0.717, 1.165) is 12.4 Å². The fraction of sp³-hybridized carbons (Fsp3) is 0.556. The molecule has 1 N–H and O–H groups in total. The van der Waals surface area contributed by atoms with Crippen molar-refractivity contribution in [3.8, 4) is 5.88 Å². The predicted molar refractivity (Wildman–Crippen MR) is 51.9 cm³/mol. The maximum Gasteiger partial charge on any atom is 0.233 e. The molecular formula is C9H15N3O. The first kappa shape index (κ1) is 9.77. The molecule has 1 heterocycles. The summed E-state index contributed by atoms with van der Waals surface area (Å²) in [4.78, 5) is 8.15. The number of anilines is 1. The molecule has 0 aliphatic heterocycles. The minimum atomic E-state index is 0.536. The lowest BCUT2D eigenvalue weighted by Crippen LogP contribution is -2.09. The monoisotopic (exact) mass is 181 g/mol. The number of nitrogens with zero attached hydrogens (tertiary/aromatic N) is 2. The van der Waals surface area contributed by atoms with E-state index < -0.39 is 0 Å². The maximum absolute atomic E-state index is 4.95. The number of methoxy groups -OCH3 is 1. The van der Waals surface area contributed by atoms with Gasteiger partial charge in [-0.2, -0.15) is 4.98 Å². The number of ether oxygens (including phenoxy) is 1. The number of aromatic nitrogens is 2. The van der Waals surface area contributed by atoms with Gasteiger partial charge >= 0.3 is 0 Å². The third-order valence-corrected chi connectivity index (χ3v) is 1.51. The van der Waals surface area contributed by atoms with Crippen LogP contribution < -0.4 is 10.1 Å². The first-order valence-corrected chi connectivity index (χ1v) is 4.32. The highest BCUT2D eigenvalue weighted by atomic mass is 16.5. The van der Waals surface area contributed by atoms with E-state index in [9.17, 15) is 0 Å². The van der Waals surface area contributed by atoms with Gasteiger partial charge in [-0.15, -0.1) is 0 Å². The van der Waals surface area contributed by atoms with Crippen molar-refractivity contribution in [3.63, 3.8) is 0 Å². The van der Waals surface area contributed by atoms with Crippen molar-refractivity contribution in [2.45, 2.75) is 13.8 Å². The molecule has 13 heavy (non-hydrogen) atoms. The van der Waals surface area contributed by atoms with Gasteiger partial charge in [-0.25, -0.2) is 0 Å². The zero-order valence-corrected chi connectivity index (χ0v) is 8.24. The molecule has 0 saturated carbocycles. The number of hydrogen-bond donors (Lipinski definition) is 1. The first-order chi connectivity index (χ1) is 6.22. The van der Waals surface area contributed by atoms with Gasteiger partial charge in [-0.3, -0.25) is 4.98 Å². The predicted octanol–water partition coefficient (Wildman–Crippen LogP) is 1.55. The van der Waals surface area contributed by atoms with Crippen LogP contribution in [-0.4, -0.2) is 23.6 Å². The Morgan fingerprint density at radius 3 is 2.85 bits per heavy atom. The summed E-state index contributed by atoms with van der Waals surface area (Å²) in [6, 6.07) is 0. The van der Waals surface area contributed by atoms with E-state index in [1.165, 1.54) is 0 Å². The molecule has 0 aromatic carbocycles. The molecule has 0 amide bonds. The van der Waals surface area contributed by atoms with Crippen molar-refractivity contribution >= 4 is 5.82 Å². The standard InChI is InChI=1S/C9H15N3O/c1-7(2)4-11-8-5-10-6-9(12-8)13-3/h5-7H,4H2,1-3H3,(H,11,12). The molecule has 72 valence electrons. The van der Waals surface area contributed by atoms with Crippen molar-refractivity contribution in [2.75, 3.05) is 19.0 Å². The second-order valence-electron chi connectivity index (χ2n) is 3.22. The van der Waals surface area contributed by atoms with Gasteiger partial charge in [0.15, 0.2) is 0 Å². The van der Waals surface area contributed by atoms with Crippen molar-refractivity contribution in [2.24, 2.45) is 5.92 Å². The lowest BCUT2D eigenvalue weighted by Gasteiger charge is -2.07. The molecule has 0 unspecified atom stereocenters. The Morgan fingerprint density at radius 2 is 2.23 bits per heavy atom. The van der Waals surface area contributed by atoms with Crippen LogP contribution in [0.15, 0.2) is 12.4 Å². The maximum atomic E-state index is 4.95. The summed E-state index contributed by atoms with van der Waals surface area (Å²) in [6.07, 6.45) is 3.27. The van der Waals surface area contributed by atoms with Crippen molar-refractivity contribution in [1.82, 2.24) is 9.97 Å². The molecule has 0 spiro atoms. The highest BCUT2D eigenvalue weighted by Crippen LogP contribution is 2.08. The first-order valence-electron chi connectivity index (χ1n) is 4.32. The molecule has 0 aliphatic carbocycles. The fourth-order valence-corrected chi connectivity index (χ4v) is 0.840. The van der Waals surface area contributed by atoms with E-state index in [1.807, 2.05) is 0 Å². The third kappa shape index (κ3) is 3.27. The summed E-state index contributed by atoms with van der Waals surface area (Å²) in [5.74, 6) is 1.88. The normalized spacial score (nSPS) is 10.2. The minimum Gasteiger partial charge on any atom is -0.480 e. The Labute approximate surface area is 78.4 Å².